The van der Waals surface area contributed by atoms with Gasteiger partial charge in [0.15, 0.2) is 12.4 Å². The summed E-state index contributed by atoms with van der Waals surface area (Å²) in [5.74, 6) is 0.482. The molecule has 8 heteroatoms. The zero-order valence-corrected chi connectivity index (χ0v) is 17.4. The van der Waals surface area contributed by atoms with Gasteiger partial charge in [-0.05, 0) is 43.3 Å². The predicted octanol–water partition coefficient (Wildman–Crippen LogP) is 3.90. The smallest absolute Gasteiger partial charge is 0.274 e. The van der Waals surface area contributed by atoms with E-state index in [-0.39, 0.29) is 18.4 Å². The molecule has 2 aromatic heterocycles. The van der Waals surface area contributed by atoms with Crippen LogP contribution in [0.15, 0.2) is 83.5 Å². The summed E-state index contributed by atoms with van der Waals surface area (Å²) in [7, 11) is 0. The Bertz CT molecular complexity index is 1200. The number of carbonyl (C=O) groups is 2. The van der Waals surface area contributed by atoms with E-state index in [4.69, 9.17) is 9.15 Å². The lowest BCUT2D eigenvalue weighted by Gasteiger charge is -2.10. The highest BCUT2D eigenvalue weighted by Gasteiger charge is 2.19. The number of hydrogen-bond donors (Lipinski definition) is 2. The van der Waals surface area contributed by atoms with Gasteiger partial charge in [-0.15, -0.1) is 0 Å². The number of nitrogens with zero attached hydrogens (tertiary/aromatic N) is 2. The Morgan fingerprint density at radius 3 is 2.62 bits per heavy atom. The molecule has 0 bridgehead atoms. The highest BCUT2D eigenvalue weighted by molar-refractivity contribution is 6.04. The van der Waals surface area contributed by atoms with Crippen molar-refractivity contribution in [3.05, 3.63) is 84.8 Å². The Balaban J connectivity index is 1.57. The number of anilines is 1. The van der Waals surface area contributed by atoms with Crippen molar-refractivity contribution in [1.82, 2.24) is 15.1 Å². The molecule has 2 amide bonds. The highest BCUT2D eigenvalue weighted by Crippen LogP contribution is 2.24. The Hall–Kier alpha value is -4.33. The van der Waals surface area contributed by atoms with Crippen molar-refractivity contribution < 1.29 is 18.7 Å². The van der Waals surface area contributed by atoms with Crippen LogP contribution in [0.5, 0.6) is 5.75 Å². The molecule has 32 heavy (non-hydrogen) atoms. The van der Waals surface area contributed by atoms with Gasteiger partial charge in [0.2, 0.25) is 0 Å². The quantitative estimate of drug-likeness (QED) is 0.442. The molecule has 0 saturated heterocycles. The highest BCUT2D eigenvalue weighted by atomic mass is 16.5. The van der Waals surface area contributed by atoms with E-state index in [1.807, 2.05) is 37.3 Å². The summed E-state index contributed by atoms with van der Waals surface area (Å²) in [4.78, 5) is 24.8. The van der Waals surface area contributed by atoms with Crippen molar-refractivity contribution in [2.45, 2.75) is 6.92 Å². The topological polar surface area (TPSA) is 98.4 Å². The van der Waals surface area contributed by atoms with E-state index in [2.05, 4.69) is 15.7 Å². The molecular formula is C24H22N4O4. The van der Waals surface area contributed by atoms with Gasteiger partial charge in [-0.3, -0.25) is 9.59 Å². The average molecular weight is 430 g/mol. The Labute approximate surface area is 184 Å². The van der Waals surface area contributed by atoms with Gasteiger partial charge in [0.25, 0.3) is 11.8 Å². The Kier molecular flexibility index (Phi) is 6.31. The predicted molar refractivity (Wildman–Crippen MR) is 120 cm³/mol. The number of benzene rings is 2. The zero-order chi connectivity index (χ0) is 22.3. The van der Waals surface area contributed by atoms with Crippen LogP contribution in [0.4, 0.5) is 5.69 Å². The minimum atomic E-state index is -0.347. The minimum Gasteiger partial charge on any atom is -0.484 e. The second-order valence-electron chi connectivity index (χ2n) is 6.86. The molecule has 2 N–H and O–H groups in total. The fraction of sp³-hybridized carbons (Fsp3) is 0.125. The van der Waals surface area contributed by atoms with Gasteiger partial charge in [-0.25, -0.2) is 4.68 Å². The van der Waals surface area contributed by atoms with Crippen LogP contribution in [0.25, 0.3) is 17.1 Å². The number of hydrogen-bond acceptors (Lipinski definition) is 5. The molecule has 2 heterocycles. The number of aromatic nitrogens is 2. The SMILES string of the molecule is CCNC(=O)COc1cccc(NC(=O)c2cc(-c3ccco3)nn2-c2ccccc2)c1. The maximum atomic E-state index is 13.1. The van der Waals surface area contributed by atoms with Crippen LogP contribution in [-0.2, 0) is 4.79 Å². The largest absolute Gasteiger partial charge is 0.484 e. The molecule has 4 rings (SSSR count). The fourth-order valence-electron chi connectivity index (χ4n) is 3.11. The van der Waals surface area contributed by atoms with Crippen molar-refractivity contribution in [1.29, 1.82) is 0 Å². The summed E-state index contributed by atoms with van der Waals surface area (Å²) < 4.78 is 12.5. The molecule has 162 valence electrons. The van der Waals surface area contributed by atoms with Crippen LogP contribution in [0, 0.1) is 0 Å². The van der Waals surface area contributed by atoms with Gasteiger partial charge < -0.3 is 19.8 Å². The first-order valence-corrected chi connectivity index (χ1v) is 10.1. The van der Waals surface area contributed by atoms with Gasteiger partial charge >= 0.3 is 0 Å². The summed E-state index contributed by atoms with van der Waals surface area (Å²) in [6.45, 7) is 2.28. The number of para-hydroxylation sites is 1. The van der Waals surface area contributed by atoms with Gasteiger partial charge in [-0.2, -0.15) is 5.10 Å². The average Bonchev–Trinajstić information content (AvgIpc) is 3.49. The number of ether oxygens (including phenoxy) is 1. The third kappa shape index (κ3) is 4.86. The molecule has 4 aromatic rings. The van der Waals surface area contributed by atoms with E-state index in [1.54, 1.807) is 53.4 Å². The normalized spacial score (nSPS) is 10.5. The van der Waals surface area contributed by atoms with Crippen LogP contribution in [-0.4, -0.2) is 34.7 Å². The molecule has 0 unspecified atom stereocenters. The number of nitrogens with one attached hydrogen (secondary N) is 2. The summed E-state index contributed by atoms with van der Waals surface area (Å²) in [6, 6.07) is 21.5. The molecule has 2 aromatic carbocycles. The van der Waals surface area contributed by atoms with Crippen LogP contribution < -0.4 is 15.4 Å². The number of likely N-dealkylation sites (N-methyl/N-ethyl adjacent to an activating group) is 1. The molecule has 0 aliphatic carbocycles. The lowest BCUT2D eigenvalue weighted by Crippen LogP contribution is -2.28. The van der Waals surface area contributed by atoms with E-state index < -0.39 is 0 Å². The van der Waals surface area contributed by atoms with E-state index in [9.17, 15) is 9.59 Å². The number of amides is 2. The number of carbonyl (C=O) groups excluding carboxylic acids is 2. The minimum absolute atomic E-state index is 0.0987. The van der Waals surface area contributed by atoms with Crippen LogP contribution in [0.3, 0.4) is 0 Å². The van der Waals surface area contributed by atoms with E-state index in [0.29, 0.717) is 35.1 Å². The molecule has 8 nitrogen and oxygen atoms in total. The fourth-order valence-corrected chi connectivity index (χ4v) is 3.11. The molecule has 0 atom stereocenters. The summed E-state index contributed by atoms with van der Waals surface area (Å²) in [5.41, 5.74) is 2.16. The van der Waals surface area contributed by atoms with E-state index >= 15 is 0 Å². The molecule has 0 saturated carbocycles. The third-order valence-corrected chi connectivity index (χ3v) is 4.55. The van der Waals surface area contributed by atoms with Crippen molar-refractivity contribution >= 4 is 17.5 Å². The first-order chi connectivity index (χ1) is 15.6. The van der Waals surface area contributed by atoms with E-state index in [1.165, 1.54) is 0 Å². The number of furan rings is 1. The molecule has 0 aliphatic rings. The second kappa shape index (κ2) is 9.65. The monoisotopic (exact) mass is 430 g/mol. The van der Waals surface area contributed by atoms with Crippen LogP contribution >= 0.6 is 0 Å². The lowest BCUT2D eigenvalue weighted by molar-refractivity contribution is -0.122. The van der Waals surface area contributed by atoms with Gasteiger partial charge in [-0.1, -0.05) is 24.3 Å². The molecule has 0 aliphatic heterocycles. The standard InChI is InChI=1S/C24H22N4O4/c1-2-25-23(29)16-32-19-11-6-8-17(14-19)26-24(30)21-15-20(22-12-7-13-31-22)27-28(21)18-9-4-3-5-10-18/h3-15H,2,16H2,1H3,(H,25,29)(H,26,30). The van der Waals surface area contributed by atoms with E-state index in [0.717, 1.165) is 5.69 Å². The third-order valence-electron chi connectivity index (χ3n) is 4.55. The maximum absolute atomic E-state index is 13.1. The second-order valence-corrected chi connectivity index (χ2v) is 6.86. The lowest BCUT2D eigenvalue weighted by atomic mass is 10.2. The first kappa shape index (κ1) is 20.9. The van der Waals surface area contributed by atoms with Crippen molar-refractivity contribution in [2.75, 3.05) is 18.5 Å². The van der Waals surface area contributed by atoms with Crippen LogP contribution in [0.1, 0.15) is 17.4 Å². The van der Waals surface area contributed by atoms with Crippen molar-refractivity contribution in [3.63, 3.8) is 0 Å². The molecular weight excluding hydrogens is 408 g/mol. The maximum Gasteiger partial charge on any atom is 0.274 e. The van der Waals surface area contributed by atoms with Crippen molar-refractivity contribution in [2.24, 2.45) is 0 Å². The number of rotatable bonds is 8. The molecule has 0 fully saturated rings. The Morgan fingerprint density at radius 2 is 1.88 bits per heavy atom. The van der Waals surface area contributed by atoms with Gasteiger partial charge in [0.05, 0.1) is 12.0 Å². The van der Waals surface area contributed by atoms with Crippen LogP contribution in [0.2, 0.25) is 0 Å². The van der Waals surface area contributed by atoms with Crippen molar-refractivity contribution in [3.8, 4) is 22.9 Å². The molecule has 0 spiro atoms. The first-order valence-electron chi connectivity index (χ1n) is 10.1. The summed E-state index contributed by atoms with van der Waals surface area (Å²) >= 11 is 0. The van der Waals surface area contributed by atoms with Gasteiger partial charge in [0.1, 0.15) is 17.1 Å². The summed E-state index contributed by atoms with van der Waals surface area (Å²) in [6.07, 6.45) is 1.56. The summed E-state index contributed by atoms with van der Waals surface area (Å²) in [5, 5.41) is 10.1. The molecule has 0 radical (unpaired) electrons. The zero-order valence-electron chi connectivity index (χ0n) is 17.4. The Morgan fingerprint density at radius 1 is 1.03 bits per heavy atom. The van der Waals surface area contributed by atoms with Gasteiger partial charge in [0, 0.05) is 24.4 Å².